The lowest BCUT2D eigenvalue weighted by Gasteiger charge is -2.35. The van der Waals surface area contributed by atoms with Crippen molar-refractivity contribution in [2.45, 2.75) is 58.3 Å². The maximum absolute atomic E-state index is 4.53. The lowest BCUT2D eigenvalue weighted by Crippen LogP contribution is -2.21. The molecule has 0 amide bonds. The van der Waals surface area contributed by atoms with Crippen LogP contribution in [0, 0.1) is 5.92 Å². The summed E-state index contributed by atoms with van der Waals surface area (Å²) in [4.78, 5) is 4.53. The number of aromatic nitrogens is 2. The van der Waals surface area contributed by atoms with E-state index in [2.05, 4.69) is 48.5 Å². The van der Waals surface area contributed by atoms with E-state index in [1.54, 1.807) is 0 Å². The highest BCUT2D eigenvalue weighted by Gasteiger charge is 2.29. The molecular weight excluding hydrogens is 232 g/mol. The molecule has 2 heteroatoms. The van der Waals surface area contributed by atoms with Crippen LogP contribution in [0.3, 0.4) is 0 Å². The summed E-state index contributed by atoms with van der Waals surface area (Å²) in [6.07, 6.45) is 9.62. The van der Waals surface area contributed by atoms with Crippen LogP contribution >= 0.6 is 0 Å². The molecule has 0 aliphatic heterocycles. The SMILES string of the molecule is CCC1CC(c2ccc3ncc([C@H](C)CC)n3c2)C1. The van der Waals surface area contributed by atoms with Gasteiger partial charge in [0.05, 0.1) is 0 Å². The number of hydrogen-bond donors (Lipinski definition) is 0. The van der Waals surface area contributed by atoms with Crippen molar-refractivity contribution >= 4 is 5.65 Å². The molecule has 0 aromatic carbocycles. The van der Waals surface area contributed by atoms with Crippen molar-refractivity contribution in [3.05, 3.63) is 35.8 Å². The molecule has 2 nitrogen and oxygen atoms in total. The standard InChI is InChI=1S/C17H24N2/c1-4-12(3)16-10-18-17-7-6-14(11-19(16)17)15-8-13(5-2)9-15/h6-7,10-13,15H,4-5,8-9H2,1-3H3/t12-,13?,15?/m1/s1. The topological polar surface area (TPSA) is 17.3 Å². The third kappa shape index (κ3) is 2.18. The van der Waals surface area contributed by atoms with E-state index in [4.69, 9.17) is 0 Å². The van der Waals surface area contributed by atoms with Crippen LogP contribution in [0.1, 0.15) is 69.5 Å². The molecule has 1 atom stereocenters. The van der Waals surface area contributed by atoms with E-state index in [1.807, 2.05) is 6.20 Å². The fraction of sp³-hybridized carbons (Fsp3) is 0.588. The van der Waals surface area contributed by atoms with Gasteiger partial charge in [-0.1, -0.05) is 33.3 Å². The quantitative estimate of drug-likeness (QED) is 0.771. The highest BCUT2D eigenvalue weighted by molar-refractivity contribution is 5.43. The Balaban J connectivity index is 1.91. The van der Waals surface area contributed by atoms with E-state index in [0.29, 0.717) is 5.92 Å². The van der Waals surface area contributed by atoms with Crippen LogP contribution in [0.25, 0.3) is 5.65 Å². The van der Waals surface area contributed by atoms with E-state index in [-0.39, 0.29) is 0 Å². The maximum atomic E-state index is 4.53. The van der Waals surface area contributed by atoms with E-state index in [1.165, 1.54) is 36.9 Å². The normalized spacial score (nSPS) is 24.4. The number of pyridine rings is 1. The summed E-state index contributed by atoms with van der Waals surface area (Å²) in [6, 6.07) is 4.46. The first-order chi connectivity index (χ1) is 9.22. The molecule has 3 rings (SSSR count). The minimum Gasteiger partial charge on any atom is -0.304 e. The Labute approximate surface area is 115 Å². The first-order valence-electron chi connectivity index (χ1n) is 7.69. The molecule has 1 aliphatic rings. The van der Waals surface area contributed by atoms with Gasteiger partial charge in [0.25, 0.3) is 0 Å². The summed E-state index contributed by atoms with van der Waals surface area (Å²) in [5.74, 6) is 2.31. The van der Waals surface area contributed by atoms with E-state index >= 15 is 0 Å². The fourth-order valence-electron chi connectivity index (χ4n) is 3.17. The van der Waals surface area contributed by atoms with Gasteiger partial charge in [-0.2, -0.15) is 0 Å². The van der Waals surface area contributed by atoms with E-state index < -0.39 is 0 Å². The number of hydrogen-bond acceptors (Lipinski definition) is 1. The summed E-state index contributed by atoms with van der Waals surface area (Å²) >= 11 is 0. The van der Waals surface area contributed by atoms with Crippen molar-refractivity contribution < 1.29 is 0 Å². The lowest BCUT2D eigenvalue weighted by atomic mass is 9.71. The van der Waals surface area contributed by atoms with Gasteiger partial charge >= 0.3 is 0 Å². The van der Waals surface area contributed by atoms with Crippen LogP contribution in [0.5, 0.6) is 0 Å². The minimum absolute atomic E-state index is 0.579. The summed E-state index contributed by atoms with van der Waals surface area (Å²) in [5, 5.41) is 0. The van der Waals surface area contributed by atoms with Crippen molar-refractivity contribution in [3.8, 4) is 0 Å². The molecule has 0 saturated heterocycles. The van der Waals surface area contributed by atoms with Gasteiger partial charge in [-0.05, 0) is 48.6 Å². The Morgan fingerprint density at radius 1 is 1.32 bits per heavy atom. The Hall–Kier alpha value is -1.31. The largest absolute Gasteiger partial charge is 0.304 e. The second kappa shape index (κ2) is 4.99. The van der Waals surface area contributed by atoms with Crippen LogP contribution in [-0.2, 0) is 0 Å². The molecule has 2 aromatic heterocycles. The van der Waals surface area contributed by atoms with Gasteiger partial charge in [0.1, 0.15) is 5.65 Å². The summed E-state index contributed by atoms with van der Waals surface area (Å²) in [7, 11) is 0. The lowest BCUT2D eigenvalue weighted by molar-refractivity contribution is 0.256. The van der Waals surface area contributed by atoms with Gasteiger partial charge in [0.2, 0.25) is 0 Å². The van der Waals surface area contributed by atoms with Crippen LogP contribution in [0.15, 0.2) is 24.5 Å². The molecule has 102 valence electrons. The summed E-state index contributed by atoms with van der Waals surface area (Å²) in [6.45, 7) is 6.83. The van der Waals surface area contributed by atoms with Crippen LogP contribution in [0.2, 0.25) is 0 Å². The zero-order valence-electron chi connectivity index (χ0n) is 12.3. The average molecular weight is 256 g/mol. The zero-order chi connectivity index (χ0) is 13.4. The smallest absolute Gasteiger partial charge is 0.136 e. The molecule has 0 N–H and O–H groups in total. The van der Waals surface area contributed by atoms with Gasteiger partial charge in [0, 0.05) is 18.1 Å². The van der Waals surface area contributed by atoms with Crippen LogP contribution in [-0.4, -0.2) is 9.38 Å². The average Bonchev–Trinajstić information content (AvgIpc) is 2.80. The second-order valence-electron chi connectivity index (χ2n) is 6.13. The first kappa shape index (κ1) is 12.7. The van der Waals surface area contributed by atoms with Gasteiger partial charge < -0.3 is 4.40 Å². The van der Waals surface area contributed by atoms with E-state index in [0.717, 1.165) is 17.5 Å². The zero-order valence-corrected chi connectivity index (χ0v) is 12.3. The van der Waals surface area contributed by atoms with Gasteiger partial charge in [-0.3, -0.25) is 0 Å². The Kier molecular flexibility index (Phi) is 3.34. The second-order valence-corrected chi connectivity index (χ2v) is 6.13. The molecule has 19 heavy (non-hydrogen) atoms. The predicted octanol–water partition coefficient (Wildman–Crippen LogP) is 4.75. The molecule has 1 aliphatic carbocycles. The highest BCUT2D eigenvalue weighted by atomic mass is 15.0. The molecule has 0 spiro atoms. The van der Waals surface area contributed by atoms with Crippen molar-refractivity contribution in [1.29, 1.82) is 0 Å². The molecule has 1 saturated carbocycles. The number of rotatable bonds is 4. The Bertz CT molecular complexity index is 564. The highest BCUT2D eigenvalue weighted by Crippen LogP contribution is 2.43. The van der Waals surface area contributed by atoms with E-state index in [9.17, 15) is 0 Å². The van der Waals surface area contributed by atoms with Gasteiger partial charge in [-0.25, -0.2) is 4.98 Å². The number of nitrogens with zero attached hydrogens (tertiary/aromatic N) is 2. The van der Waals surface area contributed by atoms with Crippen molar-refractivity contribution in [1.82, 2.24) is 9.38 Å². The monoisotopic (exact) mass is 256 g/mol. The molecular formula is C17H24N2. The minimum atomic E-state index is 0.579. The van der Waals surface area contributed by atoms with Crippen LogP contribution in [0.4, 0.5) is 0 Å². The van der Waals surface area contributed by atoms with Crippen LogP contribution < -0.4 is 0 Å². The third-order valence-corrected chi connectivity index (χ3v) is 4.96. The molecule has 1 fully saturated rings. The number of fused-ring (bicyclic) bond motifs is 1. The first-order valence-corrected chi connectivity index (χ1v) is 7.69. The Morgan fingerprint density at radius 2 is 2.11 bits per heavy atom. The summed E-state index contributed by atoms with van der Waals surface area (Å²) in [5.41, 5.74) is 3.94. The van der Waals surface area contributed by atoms with Gasteiger partial charge in [-0.15, -0.1) is 0 Å². The fourth-order valence-corrected chi connectivity index (χ4v) is 3.17. The van der Waals surface area contributed by atoms with Crippen molar-refractivity contribution in [2.75, 3.05) is 0 Å². The molecule has 2 aromatic rings. The molecule has 0 bridgehead atoms. The third-order valence-electron chi connectivity index (χ3n) is 4.96. The summed E-state index contributed by atoms with van der Waals surface area (Å²) < 4.78 is 2.31. The van der Waals surface area contributed by atoms with Gasteiger partial charge in [0.15, 0.2) is 0 Å². The predicted molar refractivity (Wildman–Crippen MR) is 79.7 cm³/mol. The molecule has 0 radical (unpaired) electrons. The van der Waals surface area contributed by atoms with Crippen molar-refractivity contribution in [3.63, 3.8) is 0 Å². The van der Waals surface area contributed by atoms with Crippen molar-refractivity contribution in [2.24, 2.45) is 5.92 Å². The Morgan fingerprint density at radius 3 is 2.79 bits per heavy atom. The molecule has 0 unspecified atom stereocenters. The maximum Gasteiger partial charge on any atom is 0.136 e. The number of imidazole rings is 1. The molecule has 2 heterocycles.